The Hall–Kier alpha value is -2.18. The van der Waals surface area contributed by atoms with Crippen LogP contribution in [0.1, 0.15) is 55.3 Å². The molecule has 7 heteroatoms. The first-order chi connectivity index (χ1) is 12.5. The monoisotopic (exact) mass is 365 g/mol. The Bertz CT molecular complexity index is 654. The Kier molecular flexibility index (Phi) is 6.06. The Morgan fingerprint density at radius 2 is 1.54 bits per heavy atom. The molecule has 0 unspecified atom stereocenters. The maximum Gasteiger partial charge on any atom is 0.315 e. The molecule has 3 rings (SSSR count). The minimum Gasteiger partial charge on any atom is -0.338 e. The van der Waals surface area contributed by atoms with Gasteiger partial charge in [-0.1, -0.05) is 19.3 Å². The second-order valence-electron chi connectivity index (χ2n) is 7.14. The van der Waals surface area contributed by atoms with Crippen molar-refractivity contribution in [3.05, 3.63) is 35.4 Å². The second kappa shape index (κ2) is 8.47. The van der Waals surface area contributed by atoms with E-state index in [0.717, 1.165) is 43.9 Å². The van der Waals surface area contributed by atoms with Crippen LogP contribution >= 0.6 is 0 Å². The van der Waals surface area contributed by atoms with Crippen LogP contribution in [-0.4, -0.2) is 42.0 Å². The molecule has 0 bridgehead atoms. The summed E-state index contributed by atoms with van der Waals surface area (Å²) in [4.78, 5) is 26.0. The Balaban J connectivity index is 1.47. The summed E-state index contributed by atoms with van der Waals surface area (Å²) in [7, 11) is 0. The van der Waals surface area contributed by atoms with Crippen molar-refractivity contribution in [1.82, 2.24) is 15.5 Å². The summed E-state index contributed by atoms with van der Waals surface area (Å²) in [6, 6.07) is 2.97. The topological polar surface area (TPSA) is 61.4 Å². The smallest absolute Gasteiger partial charge is 0.315 e. The lowest BCUT2D eigenvalue weighted by molar-refractivity contribution is 0.0703. The van der Waals surface area contributed by atoms with Gasteiger partial charge in [0.1, 0.15) is 11.6 Å². The molecule has 1 aromatic rings. The molecule has 0 radical (unpaired) electrons. The normalized spacial score (nSPS) is 19.2. The van der Waals surface area contributed by atoms with Gasteiger partial charge in [-0.2, -0.15) is 0 Å². The summed E-state index contributed by atoms with van der Waals surface area (Å²) >= 11 is 0. The van der Waals surface area contributed by atoms with Gasteiger partial charge in [0.25, 0.3) is 5.91 Å². The lowest BCUT2D eigenvalue weighted by atomic mass is 9.96. The van der Waals surface area contributed by atoms with Crippen molar-refractivity contribution >= 4 is 11.9 Å². The minimum atomic E-state index is -0.719. The minimum absolute atomic E-state index is 0.0139. The fraction of sp³-hybridized carbons (Fsp3) is 0.579. The predicted octanol–water partition coefficient (Wildman–Crippen LogP) is 3.20. The molecule has 26 heavy (non-hydrogen) atoms. The number of carbonyl (C=O) groups is 2. The van der Waals surface area contributed by atoms with Crippen LogP contribution in [0.25, 0.3) is 0 Å². The SMILES string of the molecule is O=C(NC1CCCCC1)NC1CCN(C(=O)c2cc(F)ccc2F)CC1. The number of urea groups is 1. The van der Waals surface area contributed by atoms with Crippen molar-refractivity contribution in [2.75, 3.05) is 13.1 Å². The fourth-order valence-electron chi connectivity index (χ4n) is 3.72. The van der Waals surface area contributed by atoms with Gasteiger partial charge < -0.3 is 15.5 Å². The molecule has 142 valence electrons. The third-order valence-electron chi connectivity index (χ3n) is 5.22. The van der Waals surface area contributed by atoms with Crippen molar-refractivity contribution in [3.8, 4) is 0 Å². The van der Waals surface area contributed by atoms with Crippen molar-refractivity contribution in [2.24, 2.45) is 0 Å². The van der Waals surface area contributed by atoms with E-state index in [0.29, 0.717) is 25.9 Å². The lowest BCUT2D eigenvalue weighted by Crippen LogP contribution is -2.51. The summed E-state index contributed by atoms with van der Waals surface area (Å²) in [6.45, 7) is 0.812. The number of rotatable bonds is 3. The van der Waals surface area contributed by atoms with Crippen molar-refractivity contribution in [3.63, 3.8) is 0 Å². The first-order valence-corrected chi connectivity index (χ1v) is 9.34. The number of nitrogens with zero attached hydrogens (tertiary/aromatic N) is 1. The second-order valence-corrected chi connectivity index (χ2v) is 7.14. The van der Waals surface area contributed by atoms with Gasteiger partial charge in [-0.3, -0.25) is 4.79 Å². The van der Waals surface area contributed by atoms with Crippen molar-refractivity contribution in [1.29, 1.82) is 0 Å². The quantitative estimate of drug-likeness (QED) is 0.864. The summed E-state index contributed by atoms with van der Waals surface area (Å²) < 4.78 is 27.0. The van der Waals surface area contributed by atoms with Gasteiger partial charge in [-0.05, 0) is 43.9 Å². The number of hydrogen-bond acceptors (Lipinski definition) is 2. The molecular weight excluding hydrogens is 340 g/mol. The molecule has 1 saturated carbocycles. The van der Waals surface area contributed by atoms with E-state index in [1.807, 2.05) is 0 Å². The van der Waals surface area contributed by atoms with Crippen molar-refractivity contribution in [2.45, 2.75) is 57.0 Å². The van der Waals surface area contributed by atoms with Crippen LogP contribution < -0.4 is 10.6 Å². The zero-order valence-corrected chi connectivity index (χ0v) is 14.8. The molecule has 1 aliphatic carbocycles. The largest absolute Gasteiger partial charge is 0.338 e. The molecule has 1 saturated heterocycles. The molecule has 2 N–H and O–H groups in total. The average molecular weight is 365 g/mol. The van der Waals surface area contributed by atoms with Crippen LogP contribution in [0, 0.1) is 11.6 Å². The Morgan fingerprint density at radius 1 is 0.923 bits per heavy atom. The molecule has 1 heterocycles. The van der Waals surface area contributed by atoms with Crippen LogP contribution in [0.3, 0.4) is 0 Å². The summed E-state index contributed by atoms with van der Waals surface area (Å²) in [5, 5.41) is 5.98. The van der Waals surface area contributed by atoms with E-state index in [1.165, 1.54) is 11.3 Å². The molecule has 1 aliphatic heterocycles. The highest BCUT2D eigenvalue weighted by Gasteiger charge is 2.27. The summed E-state index contributed by atoms with van der Waals surface area (Å²) in [6.07, 6.45) is 6.79. The number of benzene rings is 1. The molecule has 0 spiro atoms. The first-order valence-electron chi connectivity index (χ1n) is 9.34. The Labute approximate surface area is 152 Å². The Morgan fingerprint density at radius 3 is 2.19 bits per heavy atom. The van der Waals surface area contributed by atoms with Gasteiger partial charge in [-0.15, -0.1) is 0 Å². The zero-order chi connectivity index (χ0) is 18.5. The molecule has 2 fully saturated rings. The van der Waals surface area contributed by atoms with E-state index in [-0.39, 0.29) is 23.7 Å². The highest BCUT2D eigenvalue weighted by Crippen LogP contribution is 2.19. The van der Waals surface area contributed by atoms with Crippen LogP contribution in [-0.2, 0) is 0 Å². The van der Waals surface area contributed by atoms with Gasteiger partial charge >= 0.3 is 6.03 Å². The van der Waals surface area contributed by atoms with E-state index in [9.17, 15) is 18.4 Å². The molecule has 0 atom stereocenters. The number of carbonyl (C=O) groups excluding carboxylic acids is 2. The van der Waals surface area contributed by atoms with Crippen LogP contribution in [0.15, 0.2) is 18.2 Å². The maximum atomic E-state index is 13.8. The molecular formula is C19H25F2N3O2. The third-order valence-corrected chi connectivity index (χ3v) is 5.22. The van der Waals surface area contributed by atoms with Gasteiger partial charge in [0, 0.05) is 25.2 Å². The average Bonchev–Trinajstić information content (AvgIpc) is 2.64. The summed E-state index contributed by atoms with van der Waals surface area (Å²) in [5.41, 5.74) is -0.244. The molecule has 1 aromatic carbocycles. The van der Waals surface area contributed by atoms with Crippen LogP contribution in [0.4, 0.5) is 13.6 Å². The fourth-order valence-corrected chi connectivity index (χ4v) is 3.72. The number of likely N-dealkylation sites (tertiary alicyclic amines) is 1. The van der Waals surface area contributed by atoms with Gasteiger partial charge in [0.2, 0.25) is 0 Å². The number of amides is 3. The van der Waals surface area contributed by atoms with E-state index in [2.05, 4.69) is 10.6 Å². The highest BCUT2D eigenvalue weighted by molar-refractivity contribution is 5.94. The van der Waals surface area contributed by atoms with E-state index in [1.54, 1.807) is 0 Å². The molecule has 3 amide bonds. The third kappa shape index (κ3) is 4.71. The van der Waals surface area contributed by atoms with E-state index >= 15 is 0 Å². The molecule has 2 aliphatic rings. The maximum absolute atomic E-state index is 13.8. The molecule has 5 nitrogen and oxygen atoms in total. The number of halogens is 2. The highest BCUT2D eigenvalue weighted by atomic mass is 19.1. The van der Waals surface area contributed by atoms with Crippen LogP contribution in [0.5, 0.6) is 0 Å². The van der Waals surface area contributed by atoms with E-state index in [4.69, 9.17) is 0 Å². The molecule has 0 aromatic heterocycles. The van der Waals surface area contributed by atoms with Gasteiger partial charge in [0.15, 0.2) is 0 Å². The standard InChI is InChI=1S/C19H25F2N3O2/c20-13-6-7-17(21)16(12-13)18(25)24-10-8-15(9-11-24)23-19(26)22-14-4-2-1-3-5-14/h6-7,12,14-15H,1-5,8-11H2,(H2,22,23,26). The number of nitrogens with one attached hydrogen (secondary N) is 2. The number of hydrogen-bond donors (Lipinski definition) is 2. The van der Waals surface area contributed by atoms with Gasteiger partial charge in [0.05, 0.1) is 5.56 Å². The van der Waals surface area contributed by atoms with E-state index < -0.39 is 17.5 Å². The lowest BCUT2D eigenvalue weighted by Gasteiger charge is -2.33. The van der Waals surface area contributed by atoms with Gasteiger partial charge in [-0.25, -0.2) is 13.6 Å². The number of piperidine rings is 1. The zero-order valence-electron chi connectivity index (χ0n) is 14.8. The van der Waals surface area contributed by atoms with Crippen molar-refractivity contribution < 1.29 is 18.4 Å². The first kappa shape index (κ1) is 18.6. The predicted molar refractivity (Wildman–Crippen MR) is 93.8 cm³/mol. The van der Waals surface area contributed by atoms with Crippen LogP contribution in [0.2, 0.25) is 0 Å². The summed E-state index contributed by atoms with van der Waals surface area (Å²) in [5.74, 6) is -1.86.